The molecule has 7 heteroatoms. The Morgan fingerprint density at radius 3 is 2.97 bits per heavy atom. The van der Waals surface area contributed by atoms with Crippen molar-refractivity contribution in [1.82, 2.24) is 20.0 Å². The molecular weight excluding hydrogens is 368 g/mol. The van der Waals surface area contributed by atoms with E-state index < -0.39 is 0 Å². The van der Waals surface area contributed by atoms with Crippen molar-refractivity contribution in [3.63, 3.8) is 0 Å². The minimum Gasteiger partial charge on any atom is -0.454 e. The summed E-state index contributed by atoms with van der Waals surface area (Å²) in [5.74, 6) is 2.71. The summed E-state index contributed by atoms with van der Waals surface area (Å²) in [6, 6.07) is 12.3. The van der Waals surface area contributed by atoms with Crippen LogP contribution in [0.25, 0.3) is 11.4 Å². The van der Waals surface area contributed by atoms with E-state index in [1.54, 1.807) is 0 Å². The van der Waals surface area contributed by atoms with E-state index in [-0.39, 0.29) is 6.79 Å². The number of hydrogen-bond donors (Lipinski definition) is 0. The molecule has 0 bridgehead atoms. The lowest BCUT2D eigenvalue weighted by molar-refractivity contribution is 0.117. The first-order valence-corrected chi connectivity index (χ1v) is 10.2. The van der Waals surface area contributed by atoms with Crippen LogP contribution in [0.3, 0.4) is 0 Å². The quantitative estimate of drug-likeness (QED) is 0.631. The Morgan fingerprint density at radius 2 is 2.03 bits per heavy atom. The van der Waals surface area contributed by atoms with Crippen molar-refractivity contribution in [2.45, 2.75) is 44.7 Å². The highest BCUT2D eigenvalue weighted by atomic mass is 16.7. The number of hydrogen-bond acceptors (Lipinski definition) is 7. The molecule has 2 aliphatic heterocycles. The number of ether oxygens (including phenoxy) is 2. The highest BCUT2D eigenvalue weighted by Gasteiger charge is 2.25. The van der Waals surface area contributed by atoms with Gasteiger partial charge in [0.2, 0.25) is 18.5 Å². The van der Waals surface area contributed by atoms with Gasteiger partial charge in [-0.1, -0.05) is 17.6 Å². The second-order valence-electron chi connectivity index (χ2n) is 7.56. The van der Waals surface area contributed by atoms with E-state index in [1.807, 2.05) is 30.5 Å². The Bertz CT molecular complexity index is 960. The van der Waals surface area contributed by atoms with E-state index in [0.29, 0.717) is 24.3 Å². The molecule has 3 aromatic rings. The number of fused-ring (bicyclic) bond motifs is 1. The minimum atomic E-state index is 0.255. The number of nitrogens with zero attached hydrogens (tertiary/aromatic N) is 4. The molecule has 4 heterocycles. The maximum Gasteiger partial charge on any atom is 0.241 e. The summed E-state index contributed by atoms with van der Waals surface area (Å²) in [6.45, 7) is 2.00. The molecule has 0 saturated carbocycles. The fourth-order valence-corrected chi connectivity index (χ4v) is 4.10. The fraction of sp³-hybridized carbons (Fsp3) is 0.409. The van der Waals surface area contributed by atoms with Crippen molar-refractivity contribution in [3.8, 4) is 22.9 Å². The highest BCUT2D eigenvalue weighted by molar-refractivity contribution is 5.61. The van der Waals surface area contributed by atoms with Crippen molar-refractivity contribution in [1.29, 1.82) is 0 Å². The molecule has 0 unspecified atom stereocenters. The third kappa shape index (κ3) is 4.10. The topological polar surface area (TPSA) is 73.5 Å². The van der Waals surface area contributed by atoms with Gasteiger partial charge in [0, 0.05) is 23.5 Å². The van der Waals surface area contributed by atoms with Gasteiger partial charge < -0.3 is 14.0 Å². The van der Waals surface area contributed by atoms with Gasteiger partial charge in [0.05, 0.1) is 6.54 Å². The summed E-state index contributed by atoms with van der Waals surface area (Å²) in [6.07, 6.45) is 7.65. The molecule has 2 aromatic heterocycles. The molecule has 0 spiro atoms. The molecule has 1 aromatic carbocycles. The van der Waals surface area contributed by atoms with E-state index in [9.17, 15) is 0 Å². The third-order valence-electron chi connectivity index (χ3n) is 5.65. The first-order chi connectivity index (χ1) is 14.3. The second-order valence-corrected chi connectivity index (χ2v) is 7.56. The van der Waals surface area contributed by atoms with Gasteiger partial charge in [-0.25, -0.2) is 0 Å². The Morgan fingerprint density at radius 1 is 1.07 bits per heavy atom. The zero-order valence-electron chi connectivity index (χ0n) is 16.3. The van der Waals surface area contributed by atoms with E-state index in [1.165, 1.54) is 19.3 Å². The predicted molar refractivity (Wildman–Crippen MR) is 106 cm³/mol. The van der Waals surface area contributed by atoms with Gasteiger partial charge in [-0.05, 0) is 62.6 Å². The molecule has 1 atom stereocenters. The lowest BCUT2D eigenvalue weighted by Gasteiger charge is -2.34. The molecule has 2 aliphatic rings. The van der Waals surface area contributed by atoms with Gasteiger partial charge in [0.25, 0.3) is 0 Å². The monoisotopic (exact) mass is 392 g/mol. The molecule has 0 amide bonds. The summed E-state index contributed by atoms with van der Waals surface area (Å²) in [5.41, 5.74) is 2.02. The number of piperidine rings is 1. The SMILES string of the molecule is c1ccc(CC[C@H]2CCCCN2Cc2nc(-c3ccc4c(c3)OCO4)no2)nc1. The van der Waals surface area contributed by atoms with Crippen LogP contribution >= 0.6 is 0 Å². The zero-order chi connectivity index (χ0) is 19.5. The van der Waals surface area contributed by atoms with Crippen LogP contribution < -0.4 is 9.47 Å². The normalized spacial score (nSPS) is 18.8. The molecule has 7 nitrogen and oxygen atoms in total. The first-order valence-electron chi connectivity index (χ1n) is 10.2. The molecule has 29 heavy (non-hydrogen) atoms. The van der Waals surface area contributed by atoms with Crippen LogP contribution in [0, 0.1) is 0 Å². The van der Waals surface area contributed by atoms with Crippen LogP contribution in [0.5, 0.6) is 11.5 Å². The van der Waals surface area contributed by atoms with Crippen LogP contribution in [0.4, 0.5) is 0 Å². The van der Waals surface area contributed by atoms with Gasteiger partial charge in [-0.3, -0.25) is 9.88 Å². The lowest BCUT2D eigenvalue weighted by Crippen LogP contribution is -2.39. The van der Waals surface area contributed by atoms with Gasteiger partial charge in [-0.2, -0.15) is 4.98 Å². The van der Waals surface area contributed by atoms with E-state index in [0.717, 1.165) is 42.1 Å². The molecule has 1 saturated heterocycles. The highest BCUT2D eigenvalue weighted by Crippen LogP contribution is 2.35. The number of likely N-dealkylation sites (tertiary alicyclic amines) is 1. The molecule has 0 radical (unpaired) electrons. The third-order valence-corrected chi connectivity index (χ3v) is 5.65. The molecule has 150 valence electrons. The smallest absolute Gasteiger partial charge is 0.241 e. The maximum absolute atomic E-state index is 5.57. The van der Waals surface area contributed by atoms with E-state index >= 15 is 0 Å². The van der Waals surface area contributed by atoms with Crippen LogP contribution in [0.2, 0.25) is 0 Å². The van der Waals surface area contributed by atoms with Gasteiger partial charge in [-0.15, -0.1) is 0 Å². The Kier molecular flexibility index (Phi) is 5.13. The van der Waals surface area contributed by atoms with E-state index in [2.05, 4.69) is 32.2 Å². The van der Waals surface area contributed by atoms with Crippen LogP contribution in [-0.4, -0.2) is 39.4 Å². The summed E-state index contributed by atoms with van der Waals surface area (Å²) < 4.78 is 16.4. The van der Waals surface area contributed by atoms with Crippen LogP contribution in [0.1, 0.15) is 37.3 Å². The Hall–Kier alpha value is -2.93. The molecule has 0 aliphatic carbocycles. The minimum absolute atomic E-state index is 0.255. The Labute approximate surface area is 169 Å². The van der Waals surface area contributed by atoms with Crippen molar-refractivity contribution < 1.29 is 14.0 Å². The standard InChI is InChI=1S/C22H24N4O3/c1-3-11-23-17(5-1)8-9-18-6-2-4-12-26(18)14-21-24-22(25-29-21)16-7-10-19-20(13-16)28-15-27-19/h1,3,5,7,10-11,13,18H,2,4,6,8-9,12,14-15H2/t18-/m1/s1. The zero-order valence-corrected chi connectivity index (χ0v) is 16.3. The summed E-state index contributed by atoms with van der Waals surface area (Å²) >= 11 is 0. The summed E-state index contributed by atoms with van der Waals surface area (Å²) in [4.78, 5) is 11.6. The Balaban J connectivity index is 1.25. The average molecular weight is 392 g/mol. The second kappa shape index (κ2) is 8.21. The van der Waals surface area contributed by atoms with Crippen molar-refractivity contribution in [2.75, 3.05) is 13.3 Å². The molecule has 5 rings (SSSR count). The predicted octanol–water partition coefficient (Wildman–Crippen LogP) is 3.85. The van der Waals surface area contributed by atoms with Crippen LogP contribution in [0.15, 0.2) is 47.1 Å². The summed E-state index contributed by atoms with van der Waals surface area (Å²) in [5, 5.41) is 4.18. The first kappa shape index (κ1) is 18.1. The van der Waals surface area contributed by atoms with Crippen LogP contribution in [-0.2, 0) is 13.0 Å². The largest absolute Gasteiger partial charge is 0.454 e. The number of benzene rings is 1. The van der Waals surface area contributed by atoms with E-state index in [4.69, 9.17) is 14.0 Å². The number of rotatable bonds is 6. The molecule has 0 N–H and O–H groups in total. The average Bonchev–Trinajstić information content (AvgIpc) is 3.43. The van der Waals surface area contributed by atoms with Gasteiger partial charge in [0.1, 0.15) is 0 Å². The number of pyridine rings is 1. The number of aryl methyl sites for hydroxylation is 1. The fourth-order valence-electron chi connectivity index (χ4n) is 4.10. The van der Waals surface area contributed by atoms with Crippen molar-refractivity contribution in [3.05, 3.63) is 54.2 Å². The van der Waals surface area contributed by atoms with Gasteiger partial charge >= 0.3 is 0 Å². The van der Waals surface area contributed by atoms with Gasteiger partial charge in [0.15, 0.2) is 11.5 Å². The number of aromatic nitrogens is 3. The lowest BCUT2D eigenvalue weighted by atomic mass is 9.97. The molecular formula is C22H24N4O3. The van der Waals surface area contributed by atoms with Crippen molar-refractivity contribution in [2.24, 2.45) is 0 Å². The summed E-state index contributed by atoms with van der Waals surface area (Å²) in [7, 11) is 0. The maximum atomic E-state index is 5.57. The molecule has 1 fully saturated rings. The van der Waals surface area contributed by atoms with Crippen molar-refractivity contribution >= 4 is 0 Å².